The molecule has 0 amide bonds. The summed E-state index contributed by atoms with van der Waals surface area (Å²) in [6, 6.07) is 0.0774. The van der Waals surface area contributed by atoms with E-state index in [4.69, 9.17) is 10.5 Å². The maximum Gasteiger partial charge on any atom is 0.322 e. The highest BCUT2D eigenvalue weighted by Crippen LogP contribution is 2.20. The van der Waals surface area contributed by atoms with Crippen LogP contribution < -0.4 is 5.73 Å². The summed E-state index contributed by atoms with van der Waals surface area (Å²) in [5.74, 6) is 0.359. The van der Waals surface area contributed by atoms with Crippen molar-refractivity contribution >= 4 is 5.97 Å². The van der Waals surface area contributed by atoms with Crippen molar-refractivity contribution in [1.29, 1.82) is 0 Å². The second kappa shape index (κ2) is 4.75. The third-order valence-corrected chi connectivity index (χ3v) is 3.09. The first-order valence-corrected chi connectivity index (χ1v) is 5.13. The molecule has 1 heterocycles. The van der Waals surface area contributed by atoms with Gasteiger partial charge in [0.2, 0.25) is 0 Å². The van der Waals surface area contributed by atoms with Gasteiger partial charge in [-0.15, -0.1) is 0 Å². The number of rotatable bonds is 3. The van der Waals surface area contributed by atoms with Gasteiger partial charge in [0.05, 0.1) is 7.11 Å². The van der Waals surface area contributed by atoms with Crippen molar-refractivity contribution in [3.8, 4) is 0 Å². The predicted octanol–water partition coefficient (Wildman–Crippen LogP) is 0.217. The molecular formula is C10H20N2O2. The second-order valence-electron chi connectivity index (χ2n) is 4.10. The van der Waals surface area contributed by atoms with Crippen LogP contribution in [0.15, 0.2) is 0 Å². The van der Waals surface area contributed by atoms with Gasteiger partial charge in [-0.25, -0.2) is 0 Å². The number of nitrogens with two attached hydrogens (primary N) is 1. The van der Waals surface area contributed by atoms with E-state index in [1.807, 2.05) is 13.8 Å². The molecule has 1 rings (SSSR count). The van der Waals surface area contributed by atoms with E-state index in [9.17, 15) is 4.79 Å². The average Bonchev–Trinajstić information content (AvgIpc) is 2.64. The van der Waals surface area contributed by atoms with Crippen molar-refractivity contribution in [1.82, 2.24) is 4.90 Å². The highest BCUT2D eigenvalue weighted by molar-refractivity contribution is 5.75. The molecule has 14 heavy (non-hydrogen) atoms. The highest BCUT2D eigenvalue weighted by Gasteiger charge is 2.31. The van der Waals surface area contributed by atoms with Crippen molar-refractivity contribution in [2.24, 2.45) is 11.7 Å². The minimum absolute atomic E-state index is 0.135. The van der Waals surface area contributed by atoms with Gasteiger partial charge >= 0.3 is 5.97 Å². The van der Waals surface area contributed by atoms with Gasteiger partial charge in [-0.1, -0.05) is 0 Å². The maximum atomic E-state index is 11.3. The Morgan fingerprint density at radius 3 is 2.64 bits per heavy atom. The van der Waals surface area contributed by atoms with E-state index < -0.39 is 0 Å². The van der Waals surface area contributed by atoms with Gasteiger partial charge < -0.3 is 10.5 Å². The first kappa shape index (κ1) is 11.5. The molecule has 0 aromatic carbocycles. The van der Waals surface area contributed by atoms with Crippen molar-refractivity contribution in [2.45, 2.75) is 32.4 Å². The Kier molecular flexibility index (Phi) is 3.89. The first-order valence-electron chi connectivity index (χ1n) is 5.13. The second-order valence-corrected chi connectivity index (χ2v) is 4.10. The Morgan fingerprint density at radius 1 is 1.57 bits per heavy atom. The van der Waals surface area contributed by atoms with Crippen LogP contribution in [0.2, 0.25) is 0 Å². The van der Waals surface area contributed by atoms with Crippen LogP contribution in [0.5, 0.6) is 0 Å². The third kappa shape index (κ3) is 2.45. The van der Waals surface area contributed by atoms with Crippen molar-refractivity contribution in [3.63, 3.8) is 0 Å². The van der Waals surface area contributed by atoms with Crippen molar-refractivity contribution in [2.75, 3.05) is 20.2 Å². The normalized spacial score (nSPS) is 27.3. The molecular weight excluding hydrogens is 180 g/mol. The monoisotopic (exact) mass is 200 g/mol. The zero-order valence-electron chi connectivity index (χ0n) is 9.19. The molecule has 1 saturated heterocycles. The molecule has 0 aromatic rings. The van der Waals surface area contributed by atoms with Gasteiger partial charge in [0, 0.05) is 12.6 Å². The minimum atomic E-state index is -0.157. The number of nitrogens with zero attached hydrogens (tertiary/aromatic N) is 1. The topological polar surface area (TPSA) is 55.6 Å². The fourth-order valence-corrected chi connectivity index (χ4v) is 1.92. The molecule has 1 aliphatic heterocycles. The third-order valence-electron chi connectivity index (χ3n) is 3.09. The molecule has 0 aliphatic carbocycles. The summed E-state index contributed by atoms with van der Waals surface area (Å²) in [4.78, 5) is 13.4. The molecule has 1 fully saturated rings. The molecule has 2 N–H and O–H groups in total. The summed E-state index contributed by atoms with van der Waals surface area (Å²) in [6.07, 6.45) is 1.08. The van der Waals surface area contributed by atoms with Gasteiger partial charge in [-0.2, -0.15) is 0 Å². The van der Waals surface area contributed by atoms with Crippen LogP contribution in [0.25, 0.3) is 0 Å². The van der Waals surface area contributed by atoms with Gasteiger partial charge in [0.15, 0.2) is 0 Å². The Hall–Kier alpha value is -0.610. The quantitative estimate of drug-likeness (QED) is 0.662. The molecule has 3 atom stereocenters. The zero-order chi connectivity index (χ0) is 10.7. The smallest absolute Gasteiger partial charge is 0.322 e. The number of carbonyl (C=O) groups excluding carboxylic acids is 1. The Bertz CT molecular complexity index is 206. The van der Waals surface area contributed by atoms with Gasteiger partial charge in [-0.05, 0) is 32.7 Å². The molecule has 0 spiro atoms. The SMILES string of the molecule is COC(=O)C(C)N1CCC(C(C)N)C1. The van der Waals surface area contributed by atoms with Crippen LogP contribution in [0.1, 0.15) is 20.3 Å². The van der Waals surface area contributed by atoms with Gasteiger partial charge in [0.25, 0.3) is 0 Å². The van der Waals surface area contributed by atoms with E-state index in [0.717, 1.165) is 19.5 Å². The van der Waals surface area contributed by atoms with E-state index >= 15 is 0 Å². The number of hydrogen-bond donors (Lipinski definition) is 1. The molecule has 0 aromatic heterocycles. The summed E-state index contributed by atoms with van der Waals surface area (Å²) in [7, 11) is 1.43. The van der Waals surface area contributed by atoms with Crippen LogP contribution in [0.3, 0.4) is 0 Å². The van der Waals surface area contributed by atoms with Crippen LogP contribution >= 0.6 is 0 Å². The van der Waals surface area contributed by atoms with E-state index in [-0.39, 0.29) is 18.1 Å². The number of likely N-dealkylation sites (tertiary alicyclic amines) is 1. The highest BCUT2D eigenvalue weighted by atomic mass is 16.5. The fourth-order valence-electron chi connectivity index (χ4n) is 1.92. The molecule has 1 aliphatic rings. The lowest BCUT2D eigenvalue weighted by atomic mass is 10.0. The van der Waals surface area contributed by atoms with Crippen LogP contribution in [0, 0.1) is 5.92 Å². The van der Waals surface area contributed by atoms with Crippen LogP contribution in [0.4, 0.5) is 0 Å². The van der Waals surface area contributed by atoms with E-state index in [2.05, 4.69) is 4.90 Å². The number of carbonyl (C=O) groups is 1. The van der Waals surface area contributed by atoms with Gasteiger partial charge in [-0.3, -0.25) is 9.69 Å². The number of ether oxygens (including phenoxy) is 1. The molecule has 82 valence electrons. The molecule has 0 bridgehead atoms. The van der Waals surface area contributed by atoms with Crippen molar-refractivity contribution < 1.29 is 9.53 Å². The van der Waals surface area contributed by atoms with Gasteiger partial charge in [0.1, 0.15) is 6.04 Å². The minimum Gasteiger partial charge on any atom is -0.468 e. The summed E-state index contributed by atoms with van der Waals surface area (Å²) < 4.78 is 4.71. The zero-order valence-corrected chi connectivity index (χ0v) is 9.19. The number of hydrogen-bond acceptors (Lipinski definition) is 4. The standard InChI is InChI=1S/C10H20N2O2/c1-7(11)9-4-5-12(6-9)8(2)10(13)14-3/h7-9H,4-6,11H2,1-3H3. The van der Waals surface area contributed by atoms with E-state index in [0.29, 0.717) is 5.92 Å². The van der Waals surface area contributed by atoms with E-state index in [1.54, 1.807) is 0 Å². The lowest BCUT2D eigenvalue weighted by Crippen LogP contribution is -2.39. The lowest BCUT2D eigenvalue weighted by Gasteiger charge is -2.22. The lowest BCUT2D eigenvalue weighted by molar-refractivity contribution is -0.145. The number of methoxy groups -OCH3 is 1. The molecule has 0 radical (unpaired) electrons. The predicted molar refractivity (Wildman–Crippen MR) is 54.8 cm³/mol. The molecule has 3 unspecified atom stereocenters. The van der Waals surface area contributed by atoms with Crippen LogP contribution in [-0.2, 0) is 9.53 Å². The van der Waals surface area contributed by atoms with Crippen molar-refractivity contribution in [3.05, 3.63) is 0 Å². The molecule has 4 nitrogen and oxygen atoms in total. The summed E-state index contributed by atoms with van der Waals surface area (Å²) in [5, 5.41) is 0. The Labute approximate surface area is 85.4 Å². The largest absolute Gasteiger partial charge is 0.468 e. The fraction of sp³-hybridized carbons (Fsp3) is 0.900. The first-order chi connectivity index (χ1) is 6.56. The summed E-state index contributed by atoms with van der Waals surface area (Å²) >= 11 is 0. The average molecular weight is 200 g/mol. The number of esters is 1. The molecule has 0 saturated carbocycles. The summed E-state index contributed by atoms with van der Waals surface area (Å²) in [6.45, 7) is 5.77. The maximum absolute atomic E-state index is 11.3. The Morgan fingerprint density at radius 2 is 2.21 bits per heavy atom. The Balaban J connectivity index is 2.45. The van der Waals surface area contributed by atoms with Crippen LogP contribution in [-0.4, -0.2) is 43.2 Å². The van der Waals surface area contributed by atoms with E-state index in [1.165, 1.54) is 7.11 Å². The summed E-state index contributed by atoms with van der Waals surface area (Å²) in [5.41, 5.74) is 5.83. The molecule has 4 heteroatoms.